The lowest BCUT2D eigenvalue weighted by Crippen LogP contribution is -2.44. The number of imidazole rings is 1. The van der Waals surface area contributed by atoms with Crippen molar-refractivity contribution in [1.29, 1.82) is 0 Å². The molecule has 0 spiro atoms. The highest BCUT2D eigenvalue weighted by Crippen LogP contribution is 2.38. The van der Waals surface area contributed by atoms with Gasteiger partial charge in [0.05, 0.1) is 54.5 Å². The monoisotopic (exact) mass is 857 g/mol. The molecule has 0 bridgehead atoms. The molecule has 1 aromatic carbocycles. The number of amides is 3. The van der Waals surface area contributed by atoms with Gasteiger partial charge >= 0.3 is 5.69 Å². The van der Waals surface area contributed by atoms with Gasteiger partial charge in [0.2, 0.25) is 11.8 Å². The molecule has 9 rings (SSSR count). The van der Waals surface area contributed by atoms with Gasteiger partial charge in [0.15, 0.2) is 5.65 Å². The number of hydrogen-bond donors (Lipinski definition) is 2. The second-order valence-electron chi connectivity index (χ2n) is 17.0. The van der Waals surface area contributed by atoms with Crippen molar-refractivity contribution < 1.29 is 32.6 Å². The minimum Gasteiger partial charge on any atom is -0.378 e. The van der Waals surface area contributed by atoms with Crippen molar-refractivity contribution in [2.45, 2.75) is 88.8 Å². The van der Waals surface area contributed by atoms with Crippen LogP contribution >= 0.6 is 0 Å². The smallest absolute Gasteiger partial charge is 0.329 e. The van der Waals surface area contributed by atoms with Crippen molar-refractivity contribution in [3.05, 3.63) is 70.2 Å². The quantitative estimate of drug-likeness (QED) is 0.127. The van der Waals surface area contributed by atoms with Crippen LogP contribution in [0.2, 0.25) is 0 Å². The van der Waals surface area contributed by atoms with Crippen LogP contribution in [-0.4, -0.2) is 115 Å². The zero-order valence-electron chi connectivity index (χ0n) is 34.9. The average Bonchev–Trinajstić information content (AvgIpc) is 3.98. The number of para-hydroxylation sites is 1. The summed E-state index contributed by atoms with van der Waals surface area (Å²) < 4.78 is 47.1. The summed E-state index contributed by atoms with van der Waals surface area (Å²) in [6, 6.07) is 6.70. The van der Waals surface area contributed by atoms with Crippen LogP contribution < -0.4 is 21.2 Å². The molecule has 19 heteroatoms. The van der Waals surface area contributed by atoms with E-state index in [4.69, 9.17) is 9.47 Å². The minimum absolute atomic E-state index is 0.00747. The number of benzene rings is 1. The fourth-order valence-corrected chi connectivity index (χ4v) is 9.81. The van der Waals surface area contributed by atoms with E-state index in [1.54, 1.807) is 17.8 Å². The number of aromatic nitrogens is 7. The van der Waals surface area contributed by atoms with Crippen molar-refractivity contribution in [2.75, 3.05) is 62.8 Å². The van der Waals surface area contributed by atoms with E-state index in [0.717, 1.165) is 82.1 Å². The van der Waals surface area contributed by atoms with Crippen molar-refractivity contribution >= 4 is 45.9 Å². The zero-order valence-corrected chi connectivity index (χ0v) is 34.9. The minimum atomic E-state index is -2.83. The molecule has 1 aliphatic carbocycles. The van der Waals surface area contributed by atoms with Gasteiger partial charge in [-0.1, -0.05) is 12.1 Å². The van der Waals surface area contributed by atoms with Gasteiger partial charge in [0.1, 0.15) is 23.1 Å². The largest absolute Gasteiger partial charge is 0.378 e. The van der Waals surface area contributed by atoms with E-state index in [2.05, 4.69) is 35.6 Å². The molecule has 3 saturated heterocycles. The van der Waals surface area contributed by atoms with Gasteiger partial charge in [-0.05, 0) is 81.4 Å². The number of hydrogen-bond acceptors (Lipinski definition) is 11. The predicted octanol–water partition coefficient (Wildman–Crippen LogP) is 4.43. The Labute approximate surface area is 356 Å². The number of fused-ring (bicyclic) bond motifs is 2. The highest BCUT2D eigenvalue weighted by molar-refractivity contribution is 6.08. The number of nitrogens with zero attached hydrogens (tertiary/aromatic N) is 9. The van der Waals surface area contributed by atoms with Crippen molar-refractivity contribution in [3.8, 4) is 0 Å². The van der Waals surface area contributed by atoms with Crippen LogP contribution in [0.4, 0.5) is 20.3 Å². The maximum Gasteiger partial charge on any atom is 0.329 e. The first-order valence-corrected chi connectivity index (χ1v) is 21.8. The molecule has 7 heterocycles. The van der Waals surface area contributed by atoms with Crippen LogP contribution in [0.5, 0.6) is 0 Å². The topological polar surface area (TPSA) is 175 Å². The van der Waals surface area contributed by atoms with Crippen LogP contribution in [-0.2, 0) is 32.5 Å². The second kappa shape index (κ2) is 18.1. The normalized spacial score (nSPS) is 21.9. The average molecular weight is 858 g/mol. The fourth-order valence-electron chi connectivity index (χ4n) is 9.81. The molecule has 17 nitrogen and oxygen atoms in total. The van der Waals surface area contributed by atoms with Crippen LogP contribution in [0.3, 0.4) is 0 Å². The summed E-state index contributed by atoms with van der Waals surface area (Å²) >= 11 is 0. The Morgan fingerprint density at radius 1 is 0.984 bits per heavy atom. The molecule has 2 N–H and O–H groups in total. The molecular formula is C43H53F2N11O6. The van der Waals surface area contributed by atoms with E-state index in [0.29, 0.717) is 62.2 Å². The van der Waals surface area contributed by atoms with Crippen molar-refractivity contribution in [2.24, 2.45) is 13.0 Å². The summed E-state index contributed by atoms with van der Waals surface area (Å²) in [7, 11) is 1.72. The number of morpholine rings is 1. The molecule has 4 fully saturated rings. The highest BCUT2D eigenvalue weighted by atomic mass is 19.3. The summed E-state index contributed by atoms with van der Waals surface area (Å²) in [5.41, 5.74) is 2.47. The molecule has 1 saturated carbocycles. The first kappa shape index (κ1) is 41.8. The summed E-state index contributed by atoms with van der Waals surface area (Å²) in [6.07, 6.45) is 8.94. The SMILES string of the molecule is Cn1c(=O)n(C2CCC(=O)NC2=O)c2cccc(CCCOC3CCN(C[C@H]4CC[C@H](n5ncc(NC(=O)c6cnn7ccc(N8CCOCC8)nc67)c5C(F)F)CC4)CC3)c21. The molecular weight excluding hydrogens is 805 g/mol. The lowest BCUT2D eigenvalue weighted by atomic mass is 9.85. The lowest BCUT2D eigenvalue weighted by molar-refractivity contribution is -0.135. The van der Waals surface area contributed by atoms with Gasteiger partial charge in [-0.2, -0.15) is 10.2 Å². The van der Waals surface area contributed by atoms with Crippen molar-refractivity contribution in [1.82, 2.24) is 43.7 Å². The molecule has 4 aliphatic rings. The molecule has 62 heavy (non-hydrogen) atoms. The molecule has 3 amide bonds. The summed E-state index contributed by atoms with van der Waals surface area (Å²) in [5, 5.41) is 13.7. The Morgan fingerprint density at radius 3 is 2.53 bits per heavy atom. The lowest BCUT2D eigenvalue weighted by Gasteiger charge is -2.36. The number of nitrogens with one attached hydrogen (secondary N) is 2. The van der Waals surface area contributed by atoms with Crippen LogP contribution in [0.15, 0.2) is 47.7 Å². The van der Waals surface area contributed by atoms with Gasteiger partial charge in [0.25, 0.3) is 12.3 Å². The van der Waals surface area contributed by atoms with E-state index >= 15 is 0 Å². The molecule has 5 aromatic rings. The van der Waals surface area contributed by atoms with Gasteiger partial charge in [-0.3, -0.25) is 33.5 Å². The Kier molecular flexibility index (Phi) is 12.2. The van der Waals surface area contributed by atoms with Gasteiger partial charge < -0.3 is 24.6 Å². The molecule has 0 radical (unpaired) electrons. The van der Waals surface area contributed by atoms with Crippen LogP contribution in [0.1, 0.15) is 97.9 Å². The third-order valence-electron chi connectivity index (χ3n) is 13.1. The molecule has 1 atom stereocenters. The van der Waals surface area contributed by atoms with Crippen molar-refractivity contribution in [3.63, 3.8) is 0 Å². The number of anilines is 2. The Hall–Kier alpha value is -5.53. The molecule has 1 unspecified atom stereocenters. The third kappa shape index (κ3) is 8.49. The van der Waals surface area contributed by atoms with Gasteiger partial charge in [0, 0.05) is 59.0 Å². The number of likely N-dealkylation sites (tertiary alicyclic amines) is 1. The number of rotatable bonds is 13. The number of alkyl halides is 2. The third-order valence-corrected chi connectivity index (χ3v) is 13.1. The predicted molar refractivity (Wildman–Crippen MR) is 224 cm³/mol. The number of piperidine rings is 2. The van der Waals surface area contributed by atoms with E-state index in [1.165, 1.54) is 26.2 Å². The number of halogens is 2. The Balaban J connectivity index is 0.732. The molecule has 330 valence electrons. The van der Waals surface area contributed by atoms with Gasteiger partial charge in [-0.15, -0.1) is 0 Å². The van der Waals surface area contributed by atoms with Crippen LogP contribution in [0.25, 0.3) is 16.7 Å². The number of carbonyl (C=O) groups is 3. The second-order valence-corrected chi connectivity index (χ2v) is 17.0. The van der Waals surface area contributed by atoms with Gasteiger partial charge in [-0.25, -0.2) is 23.1 Å². The first-order chi connectivity index (χ1) is 30.1. The Morgan fingerprint density at radius 2 is 1.77 bits per heavy atom. The first-order valence-electron chi connectivity index (χ1n) is 21.8. The van der Waals surface area contributed by atoms with E-state index < -0.39 is 24.3 Å². The standard InChI is InChI=1S/C43H53F2N11O6/c1-51-37-28(4-2-6-33(37)55(43(51)60)34-11-12-36(57)50-42(34)59)5-3-21-62-30-13-16-52(17-14-30)26-27-7-9-29(10-8-27)56-38(39(44)45)32(25-47-56)48-41(58)31-24-46-54-18-15-35(49-40(31)54)53-19-22-61-23-20-53/h2,4,6,15,18,24-25,27,29-30,34,39H,3,5,7-14,16-17,19-23,26H2,1H3,(H,48,58)(H,50,57,59)/t27-,29-,34?. The number of carbonyl (C=O) groups excluding carboxylic acids is 3. The molecule has 3 aliphatic heterocycles. The zero-order chi connectivity index (χ0) is 42.9. The molecule has 4 aromatic heterocycles. The maximum absolute atomic E-state index is 14.6. The van der Waals surface area contributed by atoms with E-state index in [-0.39, 0.29) is 47.1 Å². The van der Waals surface area contributed by atoms with Crippen LogP contribution in [0, 0.1) is 5.92 Å². The summed E-state index contributed by atoms with van der Waals surface area (Å²) in [4.78, 5) is 60.3. The summed E-state index contributed by atoms with van der Waals surface area (Å²) in [6.45, 7) is 5.96. The fraction of sp³-hybridized carbons (Fsp3) is 0.558. The number of ether oxygens (including phenoxy) is 2. The van der Waals surface area contributed by atoms with E-state index in [9.17, 15) is 28.0 Å². The number of aryl methyl sites for hydroxylation is 2. The number of imide groups is 1. The highest BCUT2D eigenvalue weighted by Gasteiger charge is 2.33. The summed E-state index contributed by atoms with van der Waals surface area (Å²) in [5.74, 6) is -0.179. The Bertz CT molecular complexity index is 2490. The maximum atomic E-state index is 14.6. The van der Waals surface area contributed by atoms with E-state index in [1.807, 2.05) is 24.3 Å².